The minimum absolute atomic E-state index is 0.0938. The molecule has 2 aromatic rings. The number of hydrogen-bond acceptors (Lipinski definition) is 5. The summed E-state index contributed by atoms with van der Waals surface area (Å²) >= 11 is 1.39. The highest BCUT2D eigenvalue weighted by Gasteiger charge is 2.31. The third kappa shape index (κ3) is 3.14. The van der Waals surface area contributed by atoms with Crippen molar-refractivity contribution < 1.29 is 14.5 Å². The summed E-state index contributed by atoms with van der Waals surface area (Å²) < 4.78 is 5.23. The summed E-state index contributed by atoms with van der Waals surface area (Å²) in [6, 6.07) is 8.85. The quantitative estimate of drug-likeness (QED) is 0.456. The number of nitro groups is 1. The number of carbonyl (C=O) groups excluding carboxylic acids is 1. The maximum atomic E-state index is 13.3. The Morgan fingerprint density at radius 3 is 2.77 bits per heavy atom. The van der Waals surface area contributed by atoms with Crippen molar-refractivity contribution in [2.75, 3.05) is 24.8 Å². The second-order valence-electron chi connectivity index (χ2n) is 6.12. The molecule has 1 aliphatic heterocycles. The Labute approximate surface area is 156 Å². The maximum absolute atomic E-state index is 13.3. The normalized spacial score (nSPS) is 13.3. The van der Waals surface area contributed by atoms with Gasteiger partial charge in [0.25, 0.3) is 11.6 Å². The van der Waals surface area contributed by atoms with Gasteiger partial charge in [-0.2, -0.15) is 0 Å². The van der Waals surface area contributed by atoms with Crippen LogP contribution in [0.15, 0.2) is 35.2 Å². The fourth-order valence-corrected chi connectivity index (χ4v) is 3.97. The minimum atomic E-state index is -0.525. The van der Waals surface area contributed by atoms with E-state index in [-0.39, 0.29) is 17.2 Å². The molecule has 0 saturated heterocycles. The first-order chi connectivity index (χ1) is 12.5. The Bertz CT molecular complexity index is 882. The van der Waals surface area contributed by atoms with E-state index in [1.54, 1.807) is 11.0 Å². The summed E-state index contributed by atoms with van der Waals surface area (Å²) in [5.74, 6) is 0.0564. The van der Waals surface area contributed by atoms with E-state index in [0.717, 1.165) is 29.7 Å². The lowest BCUT2D eigenvalue weighted by molar-refractivity contribution is -0.385. The lowest BCUT2D eigenvalue weighted by atomic mass is 9.97. The molecule has 1 aliphatic rings. The lowest BCUT2D eigenvalue weighted by Gasteiger charge is -2.31. The number of thioether (sulfide) groups is 1. The van der Waals surface area contributed by atoms with Crippen LogP contribution < -0.4 is 9.64 Å². The van der Waals surface area contributed by atoms with Gasteiger partial charge >= 0.3 is 0 Å². The predicted molar refractivity (Wildman–Crippen MR) is 103 cm³/mol. The Morgan fingerprint density at radius 1 is 1.35 bits per heavy atom. The van der Waals surface area contributed by atoms with E-state index >= 15 is 0 Å². The molecule has 0 aromatic heterocycles. The molecule has 26 heavy (non-hydrogen) atoms. The Hall–Kier alpha value is -2.54. The van der Waals surface area contributed by atoms with Gasteiger partial charge in [0, 0.05) is 6.54 Å². The van der Waals surface area contributed by atoms with Crippen molar-refractivity contribution in [3.8, 4) is 5.75 Å². The fourth-order valence-electron chi connectivity index (χ4n) is 3.39. The minimum Gasteiger partial charge on any atom is -0.495 e. The number of para-hydroxylation sites is 1. The van der Waals surface area contributed by atoms with E-state index in [2.05, 4.69) is 0 Å². The number of anilines is 1. The lowest BCUT2D eigenvalue weighted by Crippen LogP contribution is -2.36. The van der Waals surface area contributed by atoms with Gasteiger partial charge in [0.15, 0.2) is 0 Å². The van der Waals surface area contributed by atoms with Crippen molar-refractivity contribution in [2.24, 2.45) is 0 Å². The average molecular weight is 372 g/mol. The number of carbonyl (C=O) groups is 1. The number of rotatable bonds is 4. The van der Waals surface area contributed by atoms with E-state index in [4.69, 9.17) is 4.74 Å². The molecule has 0 radical (unpaired) electrons. The van der Waals surface area contributed by atoms with Crippen LogP contribution in [0, 0.1) is 17.0 Å². The largest absolute Gasteiger partial charge is 0.495 e. The zero-order valence-electron chi connectivity index (χ0n) is 14.9. The molecule has 0 aliphatic carbocycles. The standard InChI is InChI=1S/C19H20N2O4S/c1-12-6-4-7-13-8-5-9-20(18(12)13)19(22)14-10-17(26-3)16(25-2)11-15(14)21(23)24/h4,6-7,10-11H,5,8-9H2,1-3H3. The number of fused-ring (bicyclic) bond motifs is 1. The van der Waals surface area contributed by atoms with Gasteiger partial charge < -0.3 is 9.64 Å². The molecule has 3 rings (SSSR count). The predicted octanol–water partition coefficient (Wildman–Crippen LogP) is 4.23. The van der Waals surface area contributed by atoms with Crippen molar-refractivity contribution in [3.05, 3.63) is 57.1 Å². The van der Waals surface area contributed by atoms with E-state index in [9.17, 15) is 14.9 Å². The van der Waals surface area contributed by atoms with Crippen LogP contribution in [-0.4, -0.2) is 30.7 Å². The first-order valence-corrected chi connectivity index (χ1v) is 9.51. The molecule has 0 fully saturated rings. The van der Waals surface area contributed by atoms with Gasteiger partial charge in [-0.1, -0.05) is 18.2 Å². The maximum Gasteiger partial charge on any atom is 0.285 e. The van der Waals surface area contributed by atoms with E-state index in [1.165, 1.54) is 24.9 Å². The molecule has 0 saturated carbocycles. The number of benzene rings is 2. The summed E-state index contributed by atoms with van der Waals surface area (Å²) in [4.78, 5) is 26.7. The molecule has 1 heterocycles. The molecule has 1 amide bonds. The highest BCUT2D eigenvalue weighted by atomic mass is 32.2. The number of aryl methyl sites for hydroxylation is 2. The Morgan fingerprint density at radius 2 is 2.12 bits per heavy atom. The van der Waals surface area contributed by atoms with E-state index < -0.39 is 4.92 Å². The molecule has 6 nitrogen and oxygen atoms in total. The van der Waals surface area contributed by atoms with Crippen LogP contribution in [0.5, 0.6) is 5.75 Å². The molecule has 0 N–H and O–H groups in total. The first-order valence-electron chi connectivity index (χ1n) is 8.28. The zero-order chi connectivity index (χ0) is 18.8. The second-order valence-corrected chi connectivity index (χ2v) is 6.97. The number of ether oxygens (including phenoxy) is 1. The fraction of sp³-hybridized carbons (Fsp3) is 0.316. The van der Waals surface area contributed by atoms with Gasteiger partial charge in [-0.05, 0) is 43.2 Å². The number of nitrogens with zero attached hydrogens (tertiary/aromatic N) is 2. The highest BCUT2D eigenvalue weighted by molar-refractivity contribution is 7.98. The molecule has 0 bridgehead atoms. The van der Waals surface area contributed by atoms with Crippen LogP contribution in [0.3, 0.4) is 0 Å². The van der Waals surface area contributed by atoms with Crippen LogP contribution in [0.1, 0.15) is 27.9 Å². The van der Waals surface area contributed by atoms with Crippen LogP contribution in [0.2, 0.25) is 0 Å². The summed E-state index contributed by atoms with van der Waals surface area (Å²) in [6.45, 7) is 2.51. The van der Waals surface area contributed by atoms with Crippen molar-refractivity contribution in [1.29, 1.82) is 0 Å². The van der Waals surface area contributed by atoms with Crippen molar-refractivity contribution >= 4 is 29.0 Å². The average Bonchev–Trinajstić information content (AvgIpc) is 2.66. The van der Waals surface area contributed by atoms with Gasteiger partial charge in [-0.3, -0.25) is 14.9 Å². The van der Waals surface area contributed by atoms with Gasteiger partial charge in [-0.15, -0.1) is 11.8 Å². The smallest absolute Gasteiger partial charge is 0.285 e. The van der Waals surface area contributed by atoms with Crippen molar-refractivity contribution in [1.82, 2.24) is 0 Å². The summed E-state index contributed by atoms with van der Waals surface area (Å²) in [5.41, 5.74) is 2.84. The van der Waals surface area contributed by atoms with Crippen LogP contribution in [-0.2, 0) is 6.42 Å². The molecular weight excluding hydrogens is 352 g/mol. The van der Waals surface area contributed by atoms with Crippen molar-refractivity contribution in [2.45, 2.75) is 24.7 Å². The first kappa shape index (κ1) is 18.3. The molecule has 136 valence electrons. The summed E-state index contributed by atoms with van der Waals surface area (Å²) in [6.07, 6.45) is 3.58. The molecule has 0 spiro atoms. The third-order valence-corrected chi connectivity index (χ3v) is 5.35. The number of hydrogen-bond donors (Lipinski definition) is 0. The molecular formula is C19H20N2O4S. The summed E-state index contributed by atoms with van der Waals surface area (Å²) in [7, 11) is 1.46. The van der Waals surface area contributed by atoms with E-state index in [0.29, 0.717) is 17.2 Å². The molecule has 0 atom stereocenters. The van der Waals surface area contributed by atoms with Crippen LogP contribution in [0.25, 0.3) is 0 Å². The third-order valence-electron chi connectivity index (χ3n) is 4.59. The molecule has 7 heteroatoms. The number of amides is 1. The number of nitro benzene ring substituents is 1. The Kier molecular flexibility index (Phi) is 5.18. The number of methoxy groups -OCH3 is 1. The monoisotopic (exact) mass is 372 g/mol. The van der Waals surface area contributed by atoms with Gasteiger partial charge in [0.05, 0.1) is 28.7 Å². The van der Waals surface area contributed by atoms with Crippen LogP contribution >= 0.6 is 11.8 Å². The SMILES string of the molecule is COc1cc([N+](=O)[O-])c(C(=O)N2CCCc3cccc(C)c32)cc1SC. The second kappa shape index (κ2) is 7.37. The Balaban J connectivity index is 2.13. The topological polar surface area (TPSA) is 72.7 Å². The van der Waals surface area contributed by atoms with Gasteiger partial charge in [0.1, 0.15) is 11.3 Å². The molecule has 0 unspecified atom stereocenters. The van der Waals surface area contributed by atoms with E-state index in [1.807, 2.05) is 31.4 Å². The van der Waals surface area contributed by atoms with Crippen molar-refractivity contribution in [3.63, 3.8) is 0 Å². The highest BCUT2D eigenvalue weighted by Crippen LogP contribution is 2.37. The summed E-state index contributed by atoms with van der Waals surface area (Å²) in [5, 5.41) is 11.6. The van der Waals surface area contributed by atoms with Gasteiger partial charge in [-0.25, -0.2) is 0 Å². The molecule has 2 aromatic carbocycles. The zero-order valence-corrected chi connectivity index (χ0v) is 15.8. The van der Waals surface area contributed by atoms with Crippen LogP contribution in [0.4, 0.5) is 11.4 Å². The van der Waals surface area contributed by atoms with Gasteiger partial charge in [0.2, 0.25) is 0 Å².